The highest BCUT2D eigenvalue weighted by Gasteiger charge is 2.23. The predicted octanol–water partition coefficient (Wildman–Crippen LogP) is 7.52. The summed E-state index contributed by atoms with van der Waals surface area (Å²) in [5.41, 5.74) is 3.24. The van der Waals surface area contributed by atoms with E-state index in [0.29, 0.717) is 5.92 Å². The highest BCUT2D eigenvalue weighted by atomic mass is 32.1. The molecule has 0 bridgehead atoms. The van der Waals surface area contributed by atoms with Crippen LogP contribution < -0.4 is 10.1 Å². The molecule has 0 amide bonds. The average Bonchev–Trinajstić information content (AvgIpc) is 3.18. The van der Waals surface area contributed by atoms with Gasteiger partial charge in [0.15, 0.2) is 5.13 Å². The van der Waals surface area contributed by atoms with Crippen LogP contribution in [-0.4, -0.2) is 9.97 Å². The zero-order chi connectivity index (χ0) is 20.3. The fraction of sp³-hybridized carbons (Fsp3) is 0.280. The fourth-order valence-corrected chi connectivity index (χ4v) is 5.17. The zero-order valence-corrected chi connectivity index (χ0v) is 17.9. The topological polar surface area (TPSA) is 47.0 Å². The SMILES string of the molecule is CC1CCCC(c2cccnc2Oc2ccc(Nc3nc4ccccc4s3)cc2)C1. The highest BCUT2D eigenvalue weighted by molar-refractivity contribution is 7.22. The Morgan fingerprint density at radius 3 is 2.70 bits per heavy atom. The van der Waals surface area contributed by atoms with Crippen molar-refractivity contribution in [2.75, 3.05) is 5.32 Å². The number of nitrogens with zero attached hydrogens (tertiary/aromatic N) is 2. The van der Waals surface area contributed by atoms with Crippen molar-refractivity contribution < 1.29 is 4.74 Å². The first-order valence-corrected chi connectivity index (χ1v) is 11.4. The molecule has 152 valence electrons. The van der Waals surface area contributed by atoms with Crippen LogP contribution in [-0.2, 0) is 0 Å². The van der Waals surface area contributed by atoms with Crippen molar-refractivity contribution in [3.63, 3.8) is 0 Å². The van der Waals surface area contributed by atoms with Crippen molar-refractivity contribution in [2.24, 2.45) is 5.92 Å². The fourth-order valence-electron chi connectivity index (χ4n) is 4.28. The van der Waals surface area contributed by atoms with Crippen LogP contribution in [0.4, 0.5) is 10.8 Å². The molecule has 1 fully saturated rings. The molecule has 0 radical (unpaired) electrons. The molecule has 1 aliphatic carbocycles. The van der Waals surface area contributed by atoms with Crippen LogP contribution in [0.5, 0.6) is 11.6 Å². The molecule has 2 heterocycles. The quantitative estimate of drug-likeness (QED) is 0.366. The lowest BCUT2D eigenvalue weighted by Gasteiger charge is -2.27. The summed E-state index contributed by atoms with van der Waals surface area (Å²) in [7, 11) is 0. The van der Waals surface area contributed by atoms with Gasteiger partial charge in [-0.1, -0.05) is 49.3 Å². The molecular weight excluding hydrogens is 390 g/mol. The molecule has 30 heavy (non-hydrogen) atoms. The lowest BCUT2D eigenvalue weighted by Crippen LogP contribution is -2.12. The molecule has 2 atom stereocenters. The summed E-state index contributed by atoms with van der Waals surface area (Å²) in [4.78, 5) is 9.18. The third kappa shape index (κ3) is 4.17. The maximum Gasteiger partial charge on any atom is 0.222 e. The van der Waals surface area contributed by atoms with E-state index in [4.69, 9.17) is 4.74 Å². The maximum absolute atomic E-state index is 6.20. The van der Waals surface area contributed by atoms with E-state index in [1.165, 1.54) is 35.9 Å². The monoisotopic (exact) mass is 415 g/mol. The van der Waals surface area contributed by atoms with Gasteiger partial charge in [0.2, 0.25) is 5.88 Å². The summed E-state index contributed by atoms with van der Waals surface area (Å²) < 4.78 is 7.38. The van der Waals surface area contributed by atoms with Crippen LogP contribution in [0.15, 0.2) is 66.9 Å². The van der Waals surface area contributed by atoms with Crippen molar-refractivity contribution in [3.05, 3.63) is 72.4 Å². The minimum Gasteiger partial charge on any atom is -0.439 e. The van der Waals surface area contributed by atoms with E-state index >= 15 is 0 Å². The number of hydrogen-bond donors (Lipinski definition) is 1. The largest absolute Gasteiger partial charge is 0.439 e. The smallest absolute Gasteiger partial charge is 0.222 e. The van der Waals surface area contributed by atoms with Gasteiger partial charge in [0, 0.05) is 17.4 Å². The number of thiazole rings is 1. The molecule has 1 N–H and O–H groups in total. The molecule has 2 aromatic carbocycles. The van der Waals surface area contributed by atoms with Gasteiger partial charge in [0.1, 0.15) is 5.75 Å². The summed E-state index contributed by atoms with van der Waals surface area (Å²) in [6.45, 7) is 2.35. The molecule has 4 nitrogen and oxygen atoms in total. The van der Waals surface area contributed by atoms with Crippen molar-refractivity contribution in [1.82, 2.24) is 9.97 Å². The van der Waals surface area contributed by atoms with Crippen LogP contribution in [0.1, 0.15) is 44.1 Å². The van der Waals surface area contributed by atoms with Gasteiger partial charge in [-0.05, 0) is 67.1 Å². The highest BCUT2D eigenvalue weighted by Crippen LogP contribution is 2.40. The Hall–Kier alpha value is -2.92. The van der Waals surface area contributed by atoms with Crippen LogP contribution in [0.25, 0.3) is 10.2 Å². The van der Waals surface area contributed by atoms with Gasteiger partial charge >= 0.3 is 0 Å². The standard InChI is InChI=1S/C25H25N3OS/c1-17-6-4-7-18(16-17)21-8-5-15-26-24(21)29-20-13-11-19(12-14-20)27-25-28-22-9-2-3-10-23(22)30-25/h2-3,5,8-15,17-18H,4,6-7,16H2,1H3,(H,27,28). The molecular formula is C25H25N3OS. The Balaban J connectivity index is 1.30. The maximum atomic E-state index is 6.20. The summed E-state index contributed by atoms with van der Waals surface area (Å²) >= 11 is 1.65. The first-order chi connectivity index (χ1) is 14.7. The molecule has 5 rings (SSSR count). The number of benzene rings is 2. The Morgan fingerprint density at radius 1 is 1.00 bits per heavy atom. The van der Waals surface area contributed by atoms with E-state index in [-0.39, 0.29) is 0 Å². The number of nitrogens with one attached hydrogen (secondary N) is 1. The average molecular weight is 416 g/mol. The van der Waals surface area contributed by atoms with Gasteiger partial charge in [-0.15, -0.1) is 0 Å². The Kier molecular flexibility index (Phi) is 5.37. The van der Waals surface area contributed by atoms with Gasteiger partial charge in [-0.3, -0.25) is 0 Å². The van der Waals surface area contributed by atoms with Crippen LogP contribution >= 0.6 is 11.3 Å². The third-order valence-electron chi connectivity index (χ3n) is 5.79. The molecule has 2 aromatic heterocycles. The molecule has 0 aliphatic heterocycles. The molecule has 1 saturated carbocycles. The number of fused-ring (bicyclic) bond motifs is 1. The van der Waals surface area contributed by atoms with E-state index in [0.717, 1.165) is 33.9 Å². The molecule has 4 aromatic rings. The second-order valence-corrected chi connectivity index (χ2v) is 9.14. The normalized spacial score (nSPS) is 19.0. The van der Waals surface area contributed by atoms with Crippen molar-refractivity contribution in [1.29, 1.82) is 0 Å². The van der Waals surface area contributed by atoms with Gasteiger partial charge in [0.25, 0.3) is 0 Å². The molecule has 2 unspecified atom stereocenters. The third-order valence-corrected chi connectivity index (χ3v) is 6.74. The number of aromatic nitrogens is 2. The Bertz CT molecular complexity index is 1110. The number of hydrogen-bond acceptors (Lipinski definition) is 5. The van der Waals surface area contributed by atoms with E-state index < -0.39 is 0 Å². The zero-order valence-electron chi connectivity index (χ0n) is 17.0. The van der Waals surface area contributed by atoms with Gasteiger partial charge in [0.05, 0.1) is 10.2 Å². The van der Waals surface area contributed by atoms with E-state index in [2.05, 4.69) is 34.3 Å². The minimum atomic E-state index is 0.539. The molecule has 0 spiro atoms. The van der Waals surface area contributed by atoms with Gasteiger partial charge < -0.3 is 10.1 Å². The molecule has 0 saturated heterocycles. The van der Waals surface area contributed by atoms with Crippen LogP contribution in [0.2, 0.25) is 0 Å². The molecule has 5 heteroatoms. The second-order valence-electron chi connectivity index (χ2n) is 8.10. The van der Waals surface area contributed by atoms with E-state index in [1.54, 1.807) is 11.3 Å². The van der Waals surface area contributed by atoms with Crippen LogP contribution in [0.3, 0.4) is 0 Å². The minimum absolute atomic E-state index is 0.539. The summed E-state index contributed by atoms with van der Waals surface area (Å²) in [5.74, 6) is 2.85. The number of pyridine rings is 1. The van der Waals surface area contributed by atoms with Gasteiger partial charge in [-0.25, -0.2) is 9.97 Å². The van der Waals surface area contributed by atoms with E-state index in [9.17, 15) is 0 Å². The lowest BCUT2D eigenvalue weighted by atomic mass is 9.79. The number of rotatable bonds is 5. The summed E-state index contributed by atoms with van der Waals surface area (Å²) in [6, 6.07) is 20.4. The first-order valence-electron chi connectivity index (χ1n) is 10.6. The lowest BCUT2D eigenvalue weighted by molar-refractivity contribution is 0.335. The van der Waals surface area contributed by atoms with E-state index in [1.807, 2.05) is 54.7 Å². The predicted molar refractivity (Wildman–Crippen MR) is 124 cm³/mol. The van der Waals surface area contributed by atoms with Gasteiger partial charge in [-0.2, -0.15) is 0 Å². The number of anilines is 2. The Labute approximate surface area is 181 Å². The van der Waals surface area contributed by atoms with Crippen LogP contribution in [0, 0.1) is 5.92 Å². The summed E-state index contributed by atoms with van der Waals surface area (Å²) in [6.07, 6.45) is 6.86. The summed E-state index contributed by atoms with van der Waals surface area (Å²) in [5, 5.41) is 4.28. The van der Waals surface area contributed by atoms with Crippen molar-refractivity contribution in [3.8, 4) is 11.6 Å². The Morgan fingerprint density at radius 2 is 1.87 bits per heavy atom. The molecule has 1 aliphatic rings. The second kappa shape index (κ2) is 8.44. The number of para-hydroxylation sites is 1. The van der Waals surface area contributed by atoms with Crippen molar-refractivity contribution in [2.45, 2.75) is 38.5 Å². The number of ether oxygens (including phenoxy) is 1. The van der Waals surface area contributed by atoms with Crippen molar-refractivity contribution >= 4 is 32.4 Å². The first kappa shape index (κ1) is 19.1.